The van der Waals surface area contributed by atoms with E-state index in [1.54, 1.807) is 19.2 Å². The molecule has 2 rings (SSSR count). The second kappa shape index (κ2) is 5.55. The van der Waals surface area contributed by atoms with Crippen molar-refractivity contribution < 1.29 is 5.11 Å². The molecule has 2 aromatic heterocycles. The molecule has 0 saturated carbocycles. The highest BCUT2D eigenvalue weighted by Crippen LogP contribution is 2.10. The van der Waals surface area contributed by atoms with Gasteiger partial charge in [0.1, 0.15) is 5.69 Å². The molecule has 0 aliphatic carbocycles. The highest BCUT2D eigenvalue weighted by molar-refractivity contribution is 5.52. The van der Waals surface area contributed by atoms with E-state index in [1.165, 1.54) is 10.7 Å². The normalized spacial score (nSPS) is 12.3. The van der Waals surface area contributed by atoms with Crippen LogP contribution in [-0.2, 0) is 6.54 Å². The summed E-state index contributed by atoms with van der Waals surface area (Å²) < 4.78 is 1.36. The molecule has 5 heteroatoms. The molecule has 0 bridgehead atoms. The monoisotopic (exact) mass is 245 g/mol. The molecular weight excluding hydrogens is 230 g/mol. The van der Waals surface area contributed by atoms with Crippen molar-refractivity contribution >= 4 is 0 Å². The minimum Gasteiger partial charge on any atom is -0.393 e. The van der Waals surface area contributed by atoms with Crippen molar-refractivity contribution in [1.82, 2.24) is 14.8 Å². The van der Waals surface area contributed by atoms with Gasteiger partial charge in [0, 0.05) is 18.8 Å². The molecule has 0 spiro atoms. The first-order chi connectivity index (χ1) is 8.66. The fraction of sp³-hybridized carbons (Fsp3) is 0.308. The lowest BCUT2D eigenvalue weighted by atomic mass is 10.2. The SMILES string of the molecule is C[C@@H](O)CCn1nc(-c2ccccn2)ccc1=O. The van der Waals surface area contributed by atoms with Gasteiger partial charge in [-0.3, -0.25) is 9.78 Å². The summed E-state index contributed by atoms with van der Waals surface area (Å²) in [5, 5.41) is 13.5. The van der Waals surface area contributed by atoms with Crippen molar-refractivity contribution in [3.05, 3.63) is 46.9 Å². The van der Waals surface area contributed by atoms with E-state index in [0.29, 0.717) is 18.7 Å². The van der Waals surface area contributed by atoms with Gasteiger partial charge in [0.2, 0.25) is 0 Å². The van der Waals surface area contributed by atoms with Crippen LogP contribution in [-0.4, -0.2) is 26.0 Å². The molecule has 0 saturated heterocycles. The van der Waals surface area contributed by atoms with Crippen LogP contribution >= 0.6 is 0 Å². The number of aliphatic hydroxyl groups excluding tert-OH is 1. The van der Waals surface area contributed by atoms with Gasteiger partial charge in [0.25, 0.3) is 5.56 Å². The number of hydrogen-bond donors (Lipinski definition) is 1. The molecule has 0 aliphatic rings. The first kappa shape index (κ1) is 12.4. The molecule has 1 N–H and O–H groups in total. The standard InChI is InChI=1S/C13H15N3O2/c1-10(17)7-9-16-13(18)6-5-12(15-16)11-4-2-3-8-14-11/h2-6,8,10,17H,7,9H2,1H3/t10-/m1/s1. The summed E-state index contributed by atoms with van der Waals surface area (Å²) in [5.41, 5.74) is 1.21. The predicted molar refractivity (Wildman–Crippen MR) is 68.0 cm³/mol. The van der Waals surface area contributed by atoms with Gasteiger partial charge in [-0.15, -0.1) is 0 Å². The summed E-state index contributed by atoms with van der Waals surface area (Å²) in [7, 11) is 0. The maximum Gasteiger partial charge on any atom is 0.266 e. The molecule has 0 unspecified atom stereocenters. The van der Waals surface area contributed by atoms with Gasteiger partial charge in [0.05, 0.1) is 11.8 Å². The van der Waals surface area contributed by atoms with Crippen LogP contribution in [0.25, 0.3) is 11.4 Å². The smallest absolute Gasteiger partial charge is 0.266 e. The molecule has 0 aromatic carbocycles. The molecule has 0 amide bonds. The maximum absolute atomic E-state index is 11.6. The quantitative estimate of drug-likeness (QED) is 0.875. The van der Waals surface area contributed by atoms with Crippen molar-refractivity contribution in [2.75, 3.05) is 0 Å². The van der Waals surface area contributed by atoms with Crippen LogP contribution in [0, 0.1) is 0 Å². The van der Waals surface area contributed by atoms with E-state index in [2.05, 4.69) is 10.1 Å². The number of pyridine rings is 1. The molecule has 5 nitrogen and oxygen atoms in total. The molecule has 1 atom stereocenters. The van der Waals surface area contributed by atoms with E-state index < -0.39 is 6.10 Å². The van der Waals surface area contributed by atoms with E-state index in [0.717, 1.165) is 5.69 Å². The Morgan fingerprint density at radius 2 is 2.11 bits per heavy atom. The molecule has 2 heterocycles. The minimum absolute atomic E-state index is 0.171. The largest absolute Gasteiger partial charge is 0.393 e. The maximum atomic E-state index is 11.6. The summed E-state index contributed by atoms with van der Waals surface area (Å²) in [4.78, 5) is 15.8. The Bertz CT molecular complexity index is 564. The average Bonchev–Trinajstić information content (AvgIpc) is 2.38. The number of aryl methyl sites for hydroxylation is 1. The van der Waals surface area contributed by atoms with Crippen molar-refractivity contribution in [3.8, 4) is 11.4 Å². The summed E-state index contributed by atoms with van der Waals surface area (Å²) >= 11 is 0. The molecule has 0 fully saturated rings. The second-order valence-corrected chi connectivity index (χ2v) is 4.13. The predicted octanol–water partition coefficient (Wildman–Crippen LogP) is 1.08. The average molecular weight is 245 g/mol. The number of rotatable bonds is 4. The van der Waals surface area contributed by atoms with E-state index in [-0.39, 0.29) is 5.56 Å². The lowest BCUT2D eigenvalue weighted by molar-refractivity contribution is 0.175. The second-order valence-electron chi connectivity index (χ2n) is 4.13. The van der Waals surface area contributed by atoms with E-state index in [4.69, 9.17) is 0 Å². The lowest BCUT2D eigenvalue weighted by Crippen LogP contribution is -2.24. The van der Waals surface area contributed by atoms with Gasteiger partial charge in [-0.2, -0.15) is 5.10 Å². The van der Waals surface area contributed by atoms with Gasteiger partial charge in [-0.1, -0.05) is 6.07 Å². The first-order valence-electron chi connectivity index (χ1n) is 5.84. The van der Waals surface area contributed by atoms with Gasteiger partial charge >= 0.3 is 0 Å². The minimum atomic E-state index is -0.447. The zero-order valence-corrected chi connectivity index (χ0v) is 10.2. The van der Waals surface area contributed by atoms with Gasteiger partial charge in [0.15, 0.2) is 0 Å². The number of nitrogens with zero attached hydrogens (tertiary/aromatic N) is 3. The number of aromatic nitrogens is 3. The fourth-order valence-corrected chi connectivity index (χ4v) is 1.57. The third-order valence-electron chi connectivity index (χ3n) is 2.55. The van der Waals surface area contributed by atoms with Crippen molar-refractivity contribution in [3.63, 3.8) is 0 Å². The van der Waals surface area contributed by atoms with Crippen molar-refractivity contribution in [2.24, 2.45) is 0 Å². The van der Waals surface area contributed by atoms with Crippen LogP contribution in [0.2, 0.25) is 0 Å². The first-order valence-corrected chi connectivity index (χ1v) is 5.84. The molecular formula is C13H15N3O2. The van der Waals surface area contributed by atoms with E-state index >= 15 is 0 Å². The van der Waals surface area contributed by atoms with Crippen LogP contribution in [0.1, 0.15) is 13.3 Å². The Morgan fingerprint density at radius 3 is 2.78 bits per heavy atom. The highest BCUT2D eigenvalue weighted by atomic mass is 16.3. The van der Waals surface area contributed by atoms with Crippen molar-refractivity contribution in [1.29, 1.82) is 0 Å². The van der Waals surface area contributed by atoms with Gasteiger partial charge < -0.3 is 5.11 Å². The van der Waals surface area contributed by atoms with E-state index in [1.807, 2.05) is 18.2 Å². The molecule has 2 aromatic rings. The Hall–Kier alpha value is -2.01. The Morgan fingerprint density at radius 1 is 1.28 bits per heavy atom. The van der Waals surface area contributed by atoms with Crippen LogP contribution in [0.4, 0.5) is 0 Å². The Labute approximate surface area is 105 Å². The number of hydrogen-bond acceptors (Lipinski definition) is 4. The topological polar surface area (TPSA) is 68.0 Å². The third kappa shape index (κ3) is 3.01. The van der Waals surface area contributed by atoms with Gasteiger partial charge in [-0.05, 0) is 31.5 Å². The van der Waals surface area contributed by atoms with Crippen molar-refractivity contribution in [2.45, 2.75) is 26.0 Å². The Balaban J connectivity index is 2.29. The van der Waals surface area contributed by atoms with Crippen LogP contribution in [0.5, 0.6) is 0 Å². The zero-order chi connectivity index (χ0) is 13.0. The highest BCUT2D eigenvalue weighted by Gasteiger charge is 2.05. The summed E-state index contributed by atoms with van der Waals surface area (Å²) in [6, 6.07) is 8.66. The van der Waals surface area contributed by atoms with E-state index in [9.17, 15) is 9.90 Å². The fourth-order valence-electron chi connectivity index (χ4n) is 1.57. The van der Waals surface area contributed by atoms with Crippen LogP contribution < -0.4 is 5.56 Å². The lowest BCUT2D eigenvalue weighted by Gasteiger charge is -2.07. The molecule has 0 aliphatic heterocycles. The molecule has 0 radical (unpaired) electrons. The Kier molecular flexibility index (Phi) is 3.84. The molecule has 94 valence electrons. The van der Waals surface area contributed by atoms with Gasteiger partial charge in [-0.25, -0.2) is 4.68 Å². The number of aliphatic hydroxyl groups is 1. The molecule has 18 heavy (non-hydrogen) atoms. The summed E-state index contributed by atoms with van der Waals surface area (Å²) in [5.74, 6) is 0. The van der Waals surface area contributed by atoms with Crippen LogP contribution in [0.3, 0.4) is 0 Å². The van der Waals surface area contributed by atoms with Crippen LogP contribution in [0.15, 0.2) is 41.3 Å². The summed E-state index contributed by atoms with van der Waals surface area (Å²) in [6.07, 6.45) is 1.73. The zero-order valence-electron chi connectivity index (χ0n) is 10.2. The third-order valence-corrected chi connectivity index (χ3v) is 2.55. The summed E-state index contributed by atoms with van der Waals surface area (Å²) in [6.45, 7) is 2.09.